The lowest BCUT2D eigenvalue weighted by molar-refractivity contribution is 0.377. The molecule has 2 atom stereocenters. The molecule has 0 N–H and O–H groups in total. The van der Waals surface area contributed by atoms with Crippen molar-refractivity contribution in [3.8, 4) is 0 Å². The minimum absolute atomic E-state index is 0.00740. The Labute approximate surface area is 131 Å². The maximum atomic E-state index is 6.00. The molecule has 1 saturated heterocycles. The van der Waals surface area contributed by atoms with Gasteiger partial charge >= 0.3 is 0 Å². The number of halogens is 4. The number of hydrogen-bond acceptors (Lipinski definition) is 1. The van der Waals surface area contributed by atoms with Gasteiger partial charge in [0, 0.05) is 0 Å². The topological polar surface area (TPSA) is 12.5 Å². The maximum Gasteiger partial charge on any atom is 0.114 e. The van der Waals surface area contributed by atoms with Crippen LogP contribution < -0.4 is 0 Å². The van der Waals surface area contributed by atoms with Crippen molar-refractivity contribution in [2.24, 2.45) is 0 Å². The van der Waals surface area contributed by atoms with Crippen molar-refractivity contribution in [1.82, 2.24) is 0 Å². The highest BCUT2D eigenvalue weighted by Gasteiger charge is 2.41. The van der Waals surface area contributed by atoms with Crippen molar-refractivity contribution in [1.29, 1.82) is 0 Å². The molecule has 0 spiro atoms. The second kappa shape index (κ2) is 5.16. The molecule has 98 valence electrons. The number of epoxide rings is 1. The fraction of sp³-hybridized carbons (Fsp3) is 0.143. The van der Waals surface area contributed by atoms with Gasteiger partial charge in [-0.05, 0) is 35.4 Å². The standard InChI is InChI=1S/C14H8Cl4O/c15-9-3-1-7(5-11(9)17)13-14(19-13)8-2-4-10(16)12(18)6-8/h1-6,13-14H/t13-,14-/m0/s1. The first-order valence-electron chi connectivity index (χ1n) is 5.61. The Balaban J connectivity index is 1.83. The molecule has 0 bridgehead atoms. The van der Waals surface area contributed by atoms with Crippen molar-refractivity contribution in [3.63, 3.8) is 0 Å². The average Bonchev–Trinajstić information content (AvgIpc) is 3.16. The first-order valence-corrected chi connectivity index (χ1v) is 7.13. The van der Waals surface area contributed by atoms with Gasteiger partial charge in [0.25, 0.3) is 0 Å². The third-order valence-electron chi connectivity index (χ3n) is 3.04. The Morgan fingerprint density at radius 1 is 0.632 bits per heavy atom. The minimum atomic E-state index is -0.00740. The van der Waals surface area contributed by atoms with Crippen LogP contribution in [0.5, 0.6) is 0 Å². The van der Waals surface area contributed by atoms with Gasteiger partial charge in [-0.15, -0.1) is 0 Å². The summed E-state index contributed by atoms with van der Waals surface area (Å²) in [5.41, 5.74) is 2.01. The number of ether oxygens (including phenoxy) is 1. The highest BCUT2D eigenvalue weighted by molar-refractivity contribution is 6.42. The van der Waals surface area contributed by atoms with Crippen LogP contribution in [0.1, 0.15) is 23.3 Å². The van der Waals surface area contributed by atoms with E-state index in [1.54, 1.807) is 12.1 Å². The van der Waals surface area contributed by atoms with E-state index in [0.717, 1.165) is 11.1 Å². The van der Waals surface area contributed by atoms with E-state index in [0.29, 0.717) is 20.1 Å². The molecule has 1 fully saturated rings. The summed E-state index contributed by atoms with van der Waals surface area (Å²) >= 11 is 23.8. The molecule has 19 heavy (non-hydrogen) atoms. The molecular weight excluding hydrogens is 326 g/mol. The third-order valence-corrected chi connectivity index (χ3v) is 4.51. The highest BCUT2D eigenvalue weighted by atomic mass is 35.5. The van der Waals surface area contributed by atoms with E-state index in [-0.39, 0.29) is 12.2 Å². The van der Waals surface area contributed by atoms with Crippen molar-refractivity contribution in [2.45, 2.75) is 12.2 Å². The Morgan fingerprint density at radius 3 is 1.42 bits per heavy atom. The van der Waals surface area contributed by atoms with E-state index in [1.165, 1.54) is 0 Å². The van der Waals surface area contributed by atoms with E-state index in [9.17, 15) is 0 Å². The molecular formula is C14H8Cl4O. The van der Waals surface area contributed by atoms with Crippen LogP contribution >= 0.6 is 46.4 Å². The van der Waals surface area contributed by atoms with Gasteiger partial charge in [0.05, 0.1) is 20.1 Å². The zero-order valence-corrected chi connectivity index (χ0v) is 12.6. The van der Waals surface area contributed by atoms with Gasteiger partial charge in [-0.2, -0.15) is 0 Å². The normalized spacial score (nSPS) is 21.5. The lowest BCUT2D eigenvalue weighted by Crippen LogP contribution is -1.85. The molecule has 1 heterocycles. The maximum absolute atomic E-state index is 6.00. The Bertz CT molecular complexity index is 586. The van der Waals surface area contributed by atoms with Crippen LogP contribution in [-0.2, 0) is 4.74 Å². The van der Waals surface area contributed by atoms with E-state index >= 15 is 0 Å². The van der Waals surface area contributed by atoms with Gasteiger partial charge in [0.15, 0.2) is 0 Å². The summed E-state index contributed by atoms with van der Waals surface area (Å²) < 4.78 is 5.68. The van der Waals surface area contributed by atoms with Gasteiger partial charge < -0.3 is 4.74 Å². The van der Waals surface area contributed by atoms with Gasteiger partial charge in [0.1, 0.15) is 12.2 Å². The van der Waals surface area contributed by atoms with E-state index in [2.05, 4.69) is 0 Å². The monoisotopic (exact) mass is 332 g/mol. The lowest BCUT2D eigenvalue weighted by atomic mass is 10.0. The van der Waals surface area contributed by atoms with Crippen molar-refractivity contribution < 1.29 is 4.74 Å². The van der Waals surface area contributed by atoms with Crippen molar-refractivity contribution in [3.05, 3.63) is 67.6 Å². The van der Waals surface area contributed by atoms with E-state index < -0.39 is 0 Å². The summed E-state index contributed by atoms with van der Waals surface area (Å²) in [5.74, 6) is 0. The minimum Gasteiger partial charge on any atom is -0.359 e. The zero-order chi connectivity index (χ0) is 13.6. The predicted molar refractivity (Wildman–Crippen MR) is 79.5 cm³/mol. The first-order chi connectivity index (χ1) is 9.06. The van der Waals surface area contributed by atoms with Crippen molar-refractivity contribution in [2.75, 3.05) is 0 Å². The fourth-order valence-electron chi connectivity index (χ4n) is 2.00. The largest absolute Gasteiger partial charge is 0.359 e. The molecule has 1 aliphatic heterocycles. The molecule has 2 aromatic carbocycles. The van der Waals surface area contributed by atoms with Gasteiger partial charge in [-0.3, -0.25) is 0 Å². The second-order valence-electron chi connectivity index (χ2n) is 4.32. The van der Waals surface area contributed by atoms with Crippen LogP contribution in [0.4, 0.5) is 0 Å². The average molecular weight is 334 g/mol. The number of rotatable bonds is 2. The summed E-state index contributed by atoms with van der Waals surface area (Å²) in [6, 6.07) is 11.0. The van der Waals surface area contributed by atoms with Crippen LogP contribution in [0.3, 0.4) is 0 Å². The van der Waals surface area contributed by atoms with E-state index in [4.69, 9.17) is 51.1 Å². The lowest BCUT2D eigenvalue weighted by Gasteiger charge is -2.01. The first kappa shape index (κ1) is 13.5. The molecule has 5 heteroatoms. The Morgan fingerprint density at radius 2 is 1.05 bits per heavy atom. The fourth-order valence-corrected chi connectivity index (χ4v) is 2.61. The van der Waals surface area contributed by atoms with Crippen LogP contribution in [0.2, 0.25) is 20.1 Å². The molecule has 1 nitrogen and oxygen atoms in total. The highest BCUT2D eigenvalue weighted by Crippen LogP contribution is 2.52. The van der Waals surface area contributed by atoms with E-state index in [1.807, 2.05) is 24.3 Å². The molecule has 0 radical (unpaired) electrons. The molecule has 1 aliphatic rings. The molecule has 3 rings (SSSR count). The second-order valence-corrected chi connectivity index (χ2v) is 5.95. The van der Waals surface area contributed by atoms with Gasteiger partial charge in [0.2, 0.25) is 0 Å². The quantitative estimate of drug-likeness (QED) is 0.604. The molecule has 0 saturated carbocycles. The molecule has 0 amide bonds. The SMILES string of the molecule is Clc1ccc([C@@H]2O[C@H]2c2ccc(Cl)c(Cl)c2)cc1Cl. The summed E-state index contributed by atoms with van der Waals surface area (Å²) in [4.78, 5) is 0. The molecule has 2 aromatic rings. The number of benzene rings is 2. The Kier molecular flexibility index (Phi) is 3.67. The summed E-state index contributed by atoms with van der Waals surface area (Å²) in [6.07, 6.45) is -0.0148. The van der Waals surface area contributed by atoms with Crippen LogP contribution in [-0.4, -0.2) is 0 Å². The molecule has 0 unspecified atom stereocenters. The smallest absolute Gasteiger partial charge is 0.114 e. The predicted octanol–water partition coefficient (Wildman–Crippen LogP) is 6.11. The summed E-state index contributed by atoms with van der Waals surface area (Å²) in [6.45, 7) is 0. The van der Waals surface area contributed by atoms with Crippen molar-refractivity contribution >= 4 is 46.4 Å². The van der Waals surface area contributed by atoms with Crippen LogP contribution in [0, 0.1) is 0 Å². The third kappa shape index (κ3) is 2.72. The van der Waals surface area contributed by atoms with Crippen LogP contribution in [0.25, 0.3) is 0 Å². The van der Waals surface area contributed by atoms with Crippen LogP contribution in [0.15, 0.2) is 36.4 Å². The molecule has 0 aromatic heterocycles. The number of hydrogen-bond donors (Lipinski definition) is 0. The van der Waals surface area contributed by atoms with Gasteiger partial charge in [-0.1, -0.05) is 58.5 Å². The zero-order valence-electron chi connectivity index (χ0n) is 9.54. The summed E-state index contributed by atoms with van der Waals surface area (Å²) in [5, 5.41) is 2.14. The Hall–Kier alpha value is -0.440. The summed E-state index contributed by atoms with van der Waals surface area (Å²) in [7, 11) is 0. The molecule has 0 aliphatic carbocycles. The van der Waals surface area contributed by atoms with Gasteiger partial charge in [-0.25, -0.2) is 0 Å².